The van der Waals surface area contributed by atoms with Gasteiger partial charge in [-0.2, -0.15) is 10.1 Å². The van der Waals surface area contributed by atoms with Gasteiger partial charge < -0.3 is 19.1 Å². The number of amides is 1. The third-order valence-electron chi connectivity index (χ3n) is 6.26. The maximum absolute atomic E-state index is 13.3. The summed E-state index contributed by atoms with van der Waals surface area (Å²) in [6.45, 7) is 6.46. The highest BCUT2D eigenvalue weighted by atomic mass is 16.5. The molecule has 2 aromatic carbocycles. The van der Waals surface area contributed by atoms with Gasteiger partial charge in [-0.25, -0.2) is 0 Å². The monoisotopic (exact) mass is 472 g/mol. The van der Waals surface area contributed by atoms with Gasteiger partial charge in [-0.3, -0.25) is 9.48 Å². The standard InChI is InChI=1S/C26H28N6O3/c1-18-15-21(9-10-24(18)34-3)22-16-23(20-7-5-4-6-8-20)32(28-22)17-25(33)30-11-13-31(14-12-30)26-27-19(2)35-29-26/h4-10,15-16H,11-14,17H2,1-3H3. The SMILES string of the molecule is COc1ccc(-c2cc(-c3ccccc3)n(CC(=O)N3CCN(c4noc(C)n4)CC3)n2)cc1C. The van der Waals surface area contributed by atoms with E-state index < -0.39 is 0 Å². The van der Waals surface area contributed by atoms with Crippen molar-refractivity contribution in [1.29, 1.82) is 0 Å². The Morgan fingerprint density at radius 2 is 1.77 bits per heavy atom. The van der Waals surface area contributed by atoms with Crippen molar-refractivity contribution in [1.82, 2.24) is 24.8 Å². The van der Waals surface area contributed by atoms with E-state index in [9.17, 15) is 4.79 Å². The van der Waals surface area contributed by atoms with E-state index in [1.165, 1.54) is 0 Å². The van der Waals surface area contributed by atoms with Gasteiger partial charge in [0.15, 0.2) is 0 Å². The largest absolute Gasteiger partial charge is 0.496 e. The summed E-state index contributed by atoms with van der Waals surface area (Å²) >= 11 is 0. The van der Waals surface area contributed by atoms with Crippen LogP contribution in [0.25, 0.3) is 22.5 Å². The van der Waals surface area contributed by atoms with E-state index in [-0.39, 0.29) is 12.5 Å². The number of hydrogen-bond acceptors (Lipinski definition) is 7. The molecule has 3 heterocycles. The molecule has 5 rings (SSSR count). The molecular weight excluding hydrogens is 444 g/mol. The fourth-order valence-corrected chi connectivity index (χ4v) is 4.36. The van der Waals surface area contributed by atoms with Crippen molar-refractivity contribution in [2.75, 3.05) is 38.2 Å². The number of ether oxygens (including phenoxy) is 1. The van der Waals surface area contributed by atoms with Crippen molar-refractivity contribution in [2.45, 2.75) is 20.4 Å². The molecule has 1 aliphatic heterocycles. The van der Waals surface area contributed by atoms with Crippen LogP contribution in [0.4, 0.5) is 5.95 Å². The average molecular weight is 473 g/mol. The number of carbonyl (C=O) groups excluding carboxylic acids is 1. The lowest BCUT2D eigenvalue weighted by Gasteiger charge is -2.34. The second-order valence-corrected chi connectivity index (χ2v) is 8.60. The Labute approximate surface area is 203 Å². The van der Waals surface area contributed by atoms with Gasteiger partial charge in [-0.1, -0.05) is 30.3 Å². The van der Waals surface area contributed by atoms with Crippen LogP contribution < -0.4 is 9.64 Å². The fraction of sp³-hybridized carbons (Fsp3) is 0.308. The molecule has 0 unspecified atom stereocenters. The third-order valence-corrected chi connectivity index (χ3v) is 6.26. The molecule has 0 spiro atoms. The molecule has 0 atom stereocenters. The number of carbonyl (C=O) groups is 1. The molecule has 1 amide bonds. The van der Waals surface area contributed by atoms with Crippen molar-refractivity contribution in [3.63, 3.8) is 0 Å². The molecule has 1 aliphatic rings. The number of aromatic nitrogens is 4. The Kier molecular flexibility index (Phi) is 6.22. The molecular formula is C26H28N6O3. The zero-order valence-corrected chi connectivity index (χ0v) is 20.1. The second kappa shape index (κ2) is 9.61. The van der Waals surface area contributed by atoms with Gasteiger partial charge in [0.2, 0.25) is 11.8 Å². The Bertz CT molecular complexity index is 1320. The van der Waals surface area contributed by atoms with Crippen molar-refractivity contribution >= 4 is 11.9 Å². The lowest BCUT2D eigenvalue weighted by molar-refractivity contribution is -0.132. The molecule has 1 fully saturated rings. The highest BCUT2D eigenvalue weighted by Gasteiger charge is 2.25. The minimum absolute atomic E-state index is 0.0340. The highest BCUT2D eigenvalue weighted by Crippen LogP contribution is 2.29. The van der Waals surface area contributed by atoms with E-state index in [4.69, 9.17) is 14.4 Å². The first-order valence-electron chi connectivity index (χ1n) is 11.6. The maximum atomic E-state index is 13.3. The molecule has 9 nitrogen and oxygen atoms in total. The van der Waals surface area contributed by atoms with Gasteiger partial charge in [0.05, 0.1) is 18.5 Å². The van der Waals surface area contributed by atoms with Crippen LogP contribution in [0.1, 0.15) is 11.5 Å². The number of anilines is 1. The number of piperazine rings is 1. The molecule has 0 radical (unpaired) electrons. The van der Waals surface area contributed by atoms with Crippen LogP contribution in [-0.4, -0.2) is 64.0 Å². The smallest absolute Gasteiger partial charge is 0.266 e. The minimum atomic E-state index is 0.0340. The Morgan fingerprint density at radius 3 is 2.43 bits per heavy atom. The van der Waals surface area contributed by atoms with Crippen LogP contribution in [0.15, 0.2) is 59.1 Å². The van der Waals surface area contributed by atoms with Crippen LogP contribution in [0.5, 0.6) is 5.75 Å². The number of nitrogens with zero attached hydrogens (tertiary/aromatic N) is 6. The first-order chi connectivity index (χ1) is 17.0. The molecule has 2 aromatic heterocycles. The summed E-state index contributed by atoms with van der Waals surface area (Å²) in [6.07, 6.45) is 0. The molecule has 0 N–H and O–H groups in total. The summed E-state index contributed by atoms with van der Waals surface area (Å²) < 4.78 is 12.3. The first kappa shape index (κ1) is 22.6. The van der Waals surface area contributed by atoms with Crippen LogP contribution in [0.2, 0.25) is 0 Å². The fourth-order valence-electron chi connectivity index (χ4n) is 4.36. The van der Waals surface area contributed by atoms with Gasteiger partial charge in [0.1, 0.15) is 12.3 Å². The Morgan fingerprint density at radius 1 is 1.00 bits per heavy atom. The lowest BCUT2D eigenvalue weighted by atomic mass is 10.1. The zero-order chi connectivity index (χ0) is 24.4. The third kappa shape index (κ3) is 4.75. The Balaban J connectivity index is 1.36. The Hall–Kier alpha value is -4.14. The zero-order valence-electron chi connectivity index (χ0n) is 20.1. The highest BCUT2D eigenvalue weighted by molar-refractivity contribution is 5.78. The average Bonchev–Trinajstić information content (AvgIpc) is 3.51. The van der Waals surface area contributed by atoms with Gasteiger partial charge >= 0.3 is 0 Å². The molecule has 0 aliphatic carbocycles. The summed E-state index contributed by atoms with van der Waals surface area (Å²) in [6, 6.07) is 18.1. The van der Waals surface area contributed by atoms with Crippen LogP contribution in [0.3, 0.4) is 0 Å². The topological polar surface area (TPSA) is 89.5 Å². The van der Waals surface area contributed by atoms with E-state index in [0.717, 1.165) is 33.8 Å². The van der Waals surface area contributed by atoms with E-state index in [1.807, 2.05) is 69.9 Å². The number of methoxy groups -OCH3 is 1. The van der Waals surface area contributed by atoms with Gasteiger partial charge in [-0.15, -0.1) is 0 Å². The number of benzene rings is 2. The number of rotatable bonds is 6. The second-order valence-electron chi connectivity index (χ2n) is 8.60. The van der Waals surface area contributed by atoms with E-state index in [2.05, 4.69) is 16.2 Å². The van der Waals surface area contributed by atoms with Gasteiger partial charge in [0.25, 0.3) is 5.95 Å². The lowest BCUT2D eigenvalue weighted by Crippen LogP contribution is -2.50. The summed E-state index contributed by atoms with van der Waals surface area (Å²) in [4.78, 5) is 21.5. The molecule has 35 heavy (non-hydrogen) atoms. The predicted molar refractivity (Wildman–Crippen MR) is 132 cm³/mol. The molecule has 0 bridgehead atoms. The summed E-state index contributed by atoms with van der Waals surface area (Å²) in [5.74, 6) is 1.98. The van der Waals surface area contributed by atoms with E-state index in [0.29, 0.717) is 38.0 Å². The molecule has 4 aromatic rings. The van der Waals surface area contributed by atoms with E-state index in [1.54, 1.807) is 14.0 Å². The van der Waals surface area contributed by atoms with Gasteiger partial charge in [-0.05, 0) is 47.5 Å². The predicted octanol–water partition coefficient (Wildman–Crippen LogP) is 3.57. The molecule has 9 heteroatoms. The number of hydrogen-bond donors (Lipinski definition) is 0. The summed E-state index contributed by atoms with van der Waals surface area (Å²) in [7, 11) is 1.67. The van der Waals surface area contributed by atoms with Gasteiger partial charge in [0, 0.05) is 38.7 Å². The summed E-state index contributed by atoms with van der Waals surface area (Å²) in [5.41, 5.74) is 4.76. The van der Waals surface area contributed by atoms with Crippen molar-refractivity contribution in [2.24, 2.45) is 0 Å². The normalized spacial score (nSPS) is 13.8. The van der Waals surface area contributed by atoms with Crippen molar-refractivity contribution < 1.29 is 14.1 Å². The molecule has 0 saturated carbocycles. The van der Waals surface area contributed by atoms with Crippen LogP contribution in [0, 0.1) is 13.8 Å². The van der Waals surface area contributed by atoms with E-state index >= 15 is 0 Å². The first-order valence-corrected chi connectivity index (χ1v) is 11.6. The summed E-state index contributed by atoms with van der Waals surface area (Å²) in [5, 5.41) is 8.82. The minimum Gasteiger partial charge on any atom is -0.496 e. The van der Waals surface area contributed by atoms with Crippen LogP contribution >= 0.6 is 0 Å². The van der Waals surface area contributed by atoms with Crippen LogP contribution in [-0.2, 0) is 11.3 Å². The quantitative estimate of drug-likeness (QED) is 0.424. The van der Waals surface area contributed by atoms with Crippen molar-refractivity contribution in [3.05, 3.63) is 66.1 Å². The number of aryl methyl sites for hydroxylation is 2. The molecule has 1 saturated heterocycles. The van der Waals surface area contributed by atoms with Crippen molar-refractivity contribution in [3.8, 4) is 28.3 Å². The molecule has 180 valence electrons. The maximum Gasteiger partial charge on any atom is 0.266 e.